The van der Waals surface area contributed by atoms with Crippen LogP contribution in [0.5, 0.6) is 11.6 Å². The average molecular weight is 519 g/mol. The van der Waals surface area contributed by atoms with Gasteiger partial charge in [0.15, 0.2) is 5.82 Å². The molecule has 0 radical (unpaired) electrons. The maximum atomic E-state index is 13.9. The summed E-state index contributed by atoms with van der Waals surface area (Å²) >= 11 is 5.70. The van der Waals surface area contributed by atoms with Crippen LogP contribution in [0.1, 0.15) is 20.8 Å². The van der Waals surface area contributed by atoms with Crippen molar-refractivity contribution in [2.75, 3.05) is 13.1 Å². The number of carbonyl (C=O) groups is 2. The highest BCUT2D eigenvalue weighted by Crippen LogP contribution is 2.28. The van der Waals surface area contributed by atoms with E-state index in [2.05, 4.69) is 20.4 Å². The first-order valence-corrected chi connectivity index (χ1v) is 11.4. The van der Waals surface area contributed by atoms with Crippen molar-refractivity contribution in [2.24, 2.45) is 11.8 Å². The Morgan fingerprint density at radius 3 is 2.58 bits per heavy atom. The van der Waals surface area contributed by atoms with E-state index in [4.69, 9.17) is 21.1 Å². The molecule has 1 amide bonds. The third kappa shape index (κ3) is 6.06. The standard InChI is InChI=1S/C23H24ClFN6O5/c1-23(2,3)36-22(34)30-10-14(17(12-30)21(32)33)11-31-28-19(27-29-31)13-4-6-16(7-5-13)35-20-18(25)8-15(24)9-26-20/h4-9,14,17H,10-12H2,1-3H3,(H,32,33). The lowest BCUT2D eigenvalue weighted by Gasteiger charge is -2.24. The number of tetrazole rings is 1. The van der Waals surface area contributed by atoms with Crippen molar-refractivity contribution in [3.05, 3.63) is 47.4 Å². The minimum absolute atomic E-state index is 0.0427. The highest BCUT2D eigenvalue weighted by Gasteiger charge is 2.41. The first-order chi connectivity index (χ1) is 17.0. The van der Waals surface area contributed by atoms with Crippen LogP contribution in [-0.4, -0.2) is 66.0 Å². The van der Waals surface area contributed by atoms with Crippen molar-refractivity contribution >= 4 is 23.7 Å². The molecule has 1 aliphatic heterocycles. The summed E-state index contributed by atoms with van der Waals surface area (Å²) in [6.07, 6.45) is 0.724. The molecule has 36 heavy (non-hydrogen) atoms. The number of ether oxygens (including phenoxy) is 2. The van der Waals surface area contributed by atoms with Crippen LogP contribution < -0.4 is 4.74 Å². The maximum Gasteiger partial charge on any atom is 0.410 e. The van der Waals surface area contributed by atoms with Crippen LogP contribution in [0.15, 0.2) is 36.5 Å². The SMILES string of the molecule is CC(C)(C)OC(=O)N1CC(Cn2nnc(-c3ccc(Oc4ncc(Cl)cc4F)cc3)n2)C(C(=O)O)C1. The summed E-state index contributed by atoms with van der Waals surface area (Å²) in [5, 5.41) is 22.2. The summed E-state index contributed by atoms with van der Waals surface area (Å²) in [6.45, 7) is 5.65. The van der Waals surface area contributed by atoms with Gasteiger partial charge in [-0.2, -0.15) is 4.80 Å². The first kappa shape index (κ1) is 25.3. The Bertz CT molecular complexity index is 1260. The maximum absolute atomic E-state index is 13.9. The molecule has 2 atom stereocenters. The Morgan fingerprint density at radius 1 is 1.22 bits per heavy atom. The molecule has 2 aromatic heterocycles. The number of carboxylic acid groups (broad SMARTS) is 1. The molecule has 13 heteroatoms. The number of amides is 1. The third-order valence-electron chi connectivity index (χ3n) is 5.36. The fourth-order valence-electron chi connectivity index (χ4n) is 3.72. The molecular formula is C23H24ClFN6O5. The normalized spacial score (nSPS) is 17.8. The third-order valence-corrected chi connectivity index (χ3v) is 5.57. The summed E-state index contributed by atoms with van der Waals surface area (Å²) in [5.41, 5.74) is -0.0641. The van der Waals surface area contributed by atoms with Gasteiger partial charge in [0, 0.05) is 30.8 Å². The average Bonchev–Trinajstić information content (AvgIpc) is 3.43. The predicted molar refractivity (Wildman–Crippen MR) is 125 cm³/mol. The number of rotatable bonds is 6. The molecule has 2 unspecified atom stereocenters. The van der Waals surface area contributed by atoms with Crippen molar-refractivity contribution in [3.8, 4) is 23.0 Å². The molecule has 1 N–H and O–H groups in total. The molecule has 11 nitrogen and oxygen atoms in total. The second kappa shape index (κ2) is 10.1. The van der Waals surface area contributed by atoms with Crippen LogP contribution in [-0.2, 0) is 16.1 Å². The van der Waals surface area contributed by atoms with E-state index in [9.17, 15) is 19.1 Å². The Hall–Kier alpha value is -3.80. The molecule has 0 bridgehead atoms. The molecule has 1 aromatic carbocycles. The molecule has 3 aromatic rings. The van der Waals surface area contributed by atoms with Crippen LogP contribution in [0.4, 0.5) is 9.18 Å². The van der Waals surface area contributed by atoms with Crippen LogP contribution in [0.2, 0.25) is 5.02 Å². The number of carboxylic acids is 1. The van der Waals surface area contributed by atoms with Gasteiger partial charge in [-0.1, -0.05) is 11.6 Å². The summed E-state index contributed by atoms with van der Waals surface area (Å²) < 4.78 is 24.7. The van der Waals surface area contributed by atoms with E-state index in [0.29, 0.717) is 17.1 Å². The van der Waals surface area contributed by atoms with Gasteiger partial charge in [-0.15, -0.1) is 10.2 Å². The molecule has 0 saturated carbocycles. The Kier molecular flexibility index (Phi) is 7.07. The quantitative estimate of drug-likeness (QED) is 0.516. The minimum Gasteiger partial charge on any atom is -0.481 e. The van der Waals surface area contributed by atoms with E-state index in [1.165, 1.54) is 15.9 Å². The summed E-state index contributed by atoms with van der Waals surface area (Å²) in [6, 6.07) is 7.64. The van der Waals surface area contributed by atoms with Gasteiger partial charge in [0.25, 0.3) is 5.88 Å². The fourth-order valence-corrected chi connectivity index (χ4v) is 3.86. The Morgan fingerprint density at radius 2 is 1.94 bits per heavy atom. The smallest absolute Gasteiger partial charge is 0.410 e. The number of pyridine rings is 1. The van der Waals surface area contributed by atoms with Crippen molar-refractivity contribution in [3.63, 3.8) is 0 Å². The highest BCUT2D eigenvalue weighted by atomic mass is 35.5. The fraction of sp³-hybridized carbons (Fsp3) is 0.391. The lowest BCUT2D eigenvalue weighted by molar-refractivity contribution is -0.142. The predicted octanol–water partition coefficient (Wildman–Crippen LogP) is 3.89. The first-order valence-electron chi connectivity index (χ1n) is 11.1. The van der Waals surface area contributed by atoms with E-state index in [1.54, 1.807) is 45.0 Å². The number of carbonyl (C=O) groups excluding carboxylic acids is 1. The van der Waals surface area contributed by atoms with E-state index in [1.807, 2.05) is 0 Å². The monoisotopic (exact) mass is 518 g/mol. The van der Waals surface area contributed by atoms with Gasteiger partial charge in [0.1, 0.15) is 11.4 Å². The Labute approximate surface area is 210 Å². The molecule has 1 aliphatic rings. The van der Waals surface area contributed by atoms with E-state index < -0.39 is 35.3 Å². The van der Waals surface area contributed by atoms with Crippen molar-refractivity contribution in [2.45, 2.75) is 32.9 Å². The number of likely N-dealkylation sites (tertiary alicyclic amines) is 1. The number of hydrogen-bond donors (Lipinski definition) is 1. The zero-order valence-electron chi connectivity index (χ0n) is 19.8. The summed E-state index contributed by atoms with van der Waals surface area (Å²) in [7, 11) is 0. The lowest BCUT2D eigenvalue weighted by atomic mass is 9.96. The van der Waals surface area contributed by atoms with E-state index >= 15 is 0 Å². The number of benzene rings is 1. The van der Waals surface area contributed by atoms with Gasteiger partial charge in [-0.3, -0.25) is 4.79 Å². The van der Waals surface area contributed by atoms with E-state index in [-0.39, 0.29) is 30.5 Å². The second-order valence-corrected chi connectivity index (χ2v) is 9.76. The van der Waals surface area contributed by atoms with Gasteiger partial charge < -0.3 is 19.5 Å². The molecular weight excluding hydrogens is 495 g/mol. The zero-order chi connectivity index (χ0) is 26.0. The topological polar surface area (TPSA) is 133 Å². The van der Waals surface area contributed by atoms with Crippen LogP contribution in [0.25, 0.3) is 11.4 Å². The van der Waals surface area contributed by atoms with Gasteiger partial charge in [0.05, 0.1) is 17.5 Å². The van der Waals surface area contributed by atoms with Gasteiger partial charge in [-0.25, -0.2) is 14.2 Å². The lowest BCUT2D eigenvalue weighted by Crippen LogP contribution is -2.36. The van der Waals surface area contributed by atoms with Gasteiger partial charge in [-0.05, 0) is 56.3 Å². The number of hydrogen-bond acceptors (Lipinski definition) is 8. The van der Waals surface area contributed by atoms with Gasteiger partial charge >= 0.3 is 12.1 Å². The Balaban J connectivity index is 1.42. The molecule has 1 saturated heterocycles. The number of aromatic nitrogens is 5. The van der Waals surface area contributed by atoms with Gasteiger partial charge in [0.2, 0.25) is 5.82 Å². The van der Waals surface area contributed by atoms with Crippen molar-refractivity contribution in [1.82, 2.24) is 30.1 Å². The number of halogens is 2. The second-order valence-electron chi connectivity index (χ2n) is 9.32. The molecule has 0 spiro atoms. The number of nitrogens with zero attached hydrogens (tertiary/aromatic N) is 6. The van der Waals surface area contributed by atoms with Crippen molar-refractivity contribution in [1.29, 1.82) is 0 Å². The summed E-state index contributed by atoms with van der Waals surface area (Å²) in [4.78, 5) is 30.7. The highest BCUT2D eigenvalue weighted by molar-refractivity contribution is 6.30. The molecule has 4 rings (SSSR count). The van der Waals surface area contributed by atoms with Crippen molar-refractivity contribution < 1.29 is 28.6 Å². The largest absolute Gasteiger partial charge is 0.481 e. The molecule has 0 aliphatic carbocycles. The number of aliphatic carboxylic acids is 1. The molecule has 1 fully saturated rings. The molecule has 3 heterocycles. The van der Waals surface area contributed by atoms with Crippen LogP contribution >= 0.6 is 11.6 Å². The summed E-state index contributed by atoms with van der Waals surface area (Å²) in [5.74, 6) is -2.45. The van der Waals surface area contributed by atoms with E-state index in [0.717, 1.165) is 6.07 Å². The zero-order valence-corrected chi connectivity index (χ0v) is 20.5. The molecule has 190 valence electrons. The minimum atomic E-state index is -1.01. The van der Waals surface area contributed by atoms with Crippen LogP contribution in [0.3, 0.4) is 0 Å². The van der Waals surface area contributed by atoms with Crippen LogP contribution in [0, 0.1) is 17.7 Å².